The summed E-state index contributed by atoms with van der Waals surface area (Å²) in [5.74, 6) is 1.58. The van der Waals surface area contributed by atoms with Gasteiger partial charge < -0.3 is 9.88 Å². The van der Waals surface area contributed by atoms with Crippen molar-refractivity contribution in [2.45, 2.75) is 70.3 Å². The molecule has 1 N–H and O–H groups in total. The van der Waals surface area contributed by atoms with Gasteiger partial charge in [-0.2, -0.15) is 0 Å². The van der Waals surface area contributed by atoms with E-state index in [0.29, 0.717) is 12.2 Å². The van der Waals surface area contributed by atoms with Crippen molar-refractivity contribution >= 4 is 5.91 Å². The number of aromatic amines is 1. The maximum Gasteiger partial charge on any atom is 0.250 e. The van der Waals surface area contributed by atoms with Gasteiger partial charge in [-0.1, -0.05) is 38.5 Å². The zero-order chi connectivity index (χ0) is 16.1. The summed E-state index contributed by atoms with van der Waals surface area (Å²) >= 11 is 0. The van der Waals surface area contributed by atoms with Gasteiger partial charge >= 0.3 is 0 Å². The van der Waals surface area contributed by atoms with E-state index >= 15 is 0 Å². The summed E-state index contributed by atoms with van der Waals surface area (Å²) in [6.07, 6.45) is 13.0. The maximum absolute atomic E-state index is 12.6. The number of hydrogen-bond acceptors (Lipinski definition) is 3. The summed E-state index contributed by atoms with van der Waals surface area (Å²) in [7, 11) is 0. The van der Waals surface area contributed by atoms with Crippen LogP contribution in [0.2, 0.25) is 0 Å². The third-order valence-corrected chi connectivity index (χ3v) is 5.32. The Morgan fingerprint density at radius 2 is 1.96 bits per heavy atom. The van der Waals surface area contributed by atoms with E-state index in [-0.39, 0.29) is 17.5 Å². The molecule has 1 saturated heterocycles. The average molecular weight is 317 g/mol. The highest BCUT2D eigenvalue weighted by Gasteiger charge is 2.31. The molecule has 1 amide bonds. The highest BCUT2D eigenvalue weighted by Crippen LogP contribution is 2.31. The zero-order valence-electron chi connectivity index (χ0n) is 13.8. The first-order valence-electron chi connectivity index (χ1n) is 9.09. The maximum atomic E-state index is 12.6. The number of carbonyl (C=O) groups excluding carboxylic acids is 1. The number of nitrogens with zero attached hydrogens (tertiary/aromatic N) is 2. The number of carbonyl (C=O) groups is 1. The molecule has 1 aromatic rings. The van der Waals surface area contributed by atoms with Crippen LogP contribution in [0.1, 0.15) is 76.1 Å². The van der Waals surface area contributed by atoms with Crippen LogP contribution in [0.15, 0.2) is 17.1 Å². The van der Waals surface area contributed by atoms with Crippen LogP contribution in [0.5, 0.6) is 0 Å². The zero-order valence-corrected chi connectivity index (χ0v) is 13.8. The van der Waals surface area contributed by atoms with Gasteiger partial charge in [-0.25, -0.2) is 4.98 Å². The first kappa shape index (κ1) is 16.2. The van der Waals surface area contributed by atoms with Crippen molar-refractivity contribution in [3.63, 3.8) is 0 Å². The van der Waals surface area contributed by atoms with Gasteiger partial charge in [-0.3, -0.25) is 9.59 Å². The number of likely N-dealkylation sites (tertiary alicyclic amines) is 1. The lowest BCUT2D eigenvalue weighted by atomic mass is 9.94. The Balaban J connectivity index is 1.58. The topological polar surface area (TPSA) is 66.1 Å². The standard InChI is InChI=1S/C18H27N3O2/c22-16-11-12-19-18(20-16)15-8-5-13-21(15)17(23)10-9-14-6-3-1-2-4-7-14/h11-12,14-15H,1-10,13H2,(H,19,20,22). The van der Waals surface area contributed by atoms with Crippen molar-refractivity contribution in [1.82, 2.24) is 14.9 Å². The van der Waals surface area contributed by atoms with Crippen LogP contribution in [0.4, 0.5) is 0 Å². The molecule has 2 heterocycles. The Morgan fingerprint density at radius 3 is 2.70 bits per heavy atom. The molecule has 0 spiro atoms. The van der Waals surface area contributed by atoms with Crippen molar-refractivity contribution in [3.05, 3.63) is 28.4 Å². The molecule has 1 aromatic heterocycles. The summed E-state index contributed by atoms with van der Waals surface area (Å²) in [5, 5.41) is 0. The number of amides is 1. The molecular formula is C18H27N3O2. The third-order valence-electron chi connectivity index (χ3n) is 5.32. The van der Waals surface area contributed by atoms with E-state index in [1.165, 1.54) is 50.8 Å². The second kappa shape index (κ2) is 7.75. The van der Waals surface area contributed by atoms with Gasteiger partial charge in [0.25, 0.3) is 5.56 Å². The molecule has 1 aliphatic carbocycles. The summed E-state index contributed by atoms with van der Waals surface area (Å²) < 4.78 is 0. The quantitative estimate of drug-likeness (QED) is 0.867. The Labute approximate surface area is 137 Å². The van der Waals surface area contributed by atoms with Gasteiger partial charge in [0.15, 0.2) is 0 Å². The molecule has 0 bridgehead atoms. The first-order chi connectivity index (χ1) is 11.2. The van der Waals surface area contributed by atoms with Crippen LogP contribution < -0.4 is 5.56 Å². The van der Waals surface area contributed by atoms with E-state index in [1.807, 2.05) is 4.90 Å². The number of nitrogens with one attached hydrogen (secondary N) is 1. The van der Waals surface area contributed by atoms with Crippen LogP contribution in [0.25, 0.3) is 0 Å². The van der Waals surface area contributed by atoms with E-state index in [4.69, 9.17) is 0 Å². The highest BCUT2D eigenvalue weighted by molar-refractivity contribution is 5.76. The molecule has 2 aliphatic rings. The normalized spacial score (nSPS) is 23.0. The molecule has 1 atom stereocenters. The summed E-state index contributed by atoms with van der Waals surface area (Å²) in [5.41, 5.74) is -0.146. The number of H-pyrrole nitrogens is 1. The van der Waals surface area contributed by atoms with Gasteiger partial charge in [0.05, 0.1) is 6.04 Å². The molecule has 23 heavy (non-hydrogen) atoms. The SMILES string of the molecule is O=C(CCC1CCCCCC1)N1CCCC1c1nccc(=O)[nH]1. The molecule has 5 heteroatoms. The Hall–Kier alpha value is -1.65. The van der Waals surface area contributed by atoms with Crippen LogP contribution in [0.3, 0.4) is 0 Å². The summed E-state index contributed by atoms with van der Waals surface area (Å²) in [6, 6.07) is 1.36. The fourth-order valence-corrected chi connectivity index (χ4v) is 4.03. The second-order valence-corrected chi connectivity index (χ2v) is 6.96. The number of aromatic nitrogens is 2. The van der Waals surface area contributed by atoms with Crippen LogP contribution in [0, 0.1) is 5.92 Å². The molecule has 1 aliphatic heterocycles. The molecule has 0 radical (unpaired) electrons. The molecule has 0 aromatic carbocycles. The lowest BCUT2D eigenvalue weighted by Gasteiger charge is -2.25. The average Bonchev–Trinajstić information content (AvgIpc) is 2.90. The van der Waals surface area contributed by atoms with Crippen LogP contribution in [-0.2, 0) is 4.79 Å². The van der Waals surface area contributed by atoms with Crippen molar-refractivity contribution in [2.75, 3.05) is 6.54 Å². The largest absolute Gasteiger partial charge is 0.333 e. The molecule has 5 nitrogen and oxygen atoms in total. The van der Waals surface area contributed by atoms with Crippen molar-refractivity contribution in [3.8, 4) is 0 Å². The van der Waals surface area contributed by atoms with Crippen LogP contribution in [-0.4, -0.2) is 27.3 Å². The fraction of sp³-hybridized carbons (Fsp3) is 0.722. The Kier molecular flexibility index (Phi) is 5.47. The second-order valence-electron chi connectivity index (χ2n) is 6.96. The monoisotopic (exact) mass is 317 g/mol. The minimum Gasteiger partial charge on any atom is -0.333 e. The lowest BCUT2D eigenvalue weighted by molar-refractivity contribution is -0.132. The van der Waals surface area contributed by atoms with Gasteiger partial charge in [0.1, 0.15) is 5.82 Å². The minimum atomic E-state index is -0.146. The number of rotatable bonds is 4. The van der Waals surface area contributed by atoms with Crippen molar-refractivity contribution in [1.29, 1.82) is 0 Å². The lowest BCUT2D eigenvalue weighted by Crippen LogP contribution is -2.32. The fourth-order valence-electron chi connectivity index (χ4n) is 4.03. The highest BCUT2D eigenvalue weighted by atomic mass is 16.2. The number of hydrogen-bond donors (Lipinski definition) is 1. The van der Waals surface area contributed by atoms with Gasteiger partial charge in [-0.05, 0) is 25.2 Å². The van der Waals surface area contributed by atoms with E-state index in [2.05, 4.69) is 9.97 Å². The minimum absolute atomic E-state index is 0.0504. The Morgan fingerprint density at radius 1 is 1.17 bits per heavy atom. The van der Waals surface area contributed by atoms with E-state index in [1.54, 1.807) is 0 Å². The van der Waals surface area contributed by atoms with Gasteiger partial charge in [0, 0.05) is 25.2 Å². The predicted molar refractivity (Wildman–Crippen MR) is 89.0 cm³/mol. The van der Waals surface area contributed by atoms with Crippen LogP contribution >= 0.6 is 0 Å². The van der Waals surface area contributed by atoms with E-state index < -0.39 is 0 Å². The third kappa shape index (κ3) is 4.21. The summed E-state index contributed by atoms with van der Waals surface area (Å²) in [6.45, 7) is 0.784. The van der Waals surface area contributed by atoms with E-state index in [0.717, 1.165) is 31.7 Å². The van der Waals surface area contributed by atoms with E-state index in [9.17, 15) is 9.59 Å². The first-order valence-corrected chi connectivity index (χ1v) is 9.09. The molecule has 126 valence electrons. The van der Waals surface area contributed by atoms with Gasteiger partial charge in [0.2, 0.25) is 5.91 Å². The molecule has 1 unspecified atom stereocenters. The summed E-state index contributed by atoms with van der Waals surface area (Å²) in [4.78, 5) is 33.1. The molecule has 3 rings (SSSR count). The molecular weight excluding hydrogens is 290 g/mol. The van der Waals surface area contributed by atoms with Gasteiger partial charge in [-0.15, -0.1) is 0 Å². The smallest absolute Gasteiger partial charge is 0.250 e. The predicted octanol–water partition coefficient (Wildman–Crippen LogP) is 3.18. The Bertz CT molecular complexity index is 576. The van der Waals surface area contributed by atoms with Crippen molar-refractivity contribution in [2.24, 2.45) is 5.92 Å². The molecule has 2 fully saturated rings. The van der Waals surface area contributed by atoms with Crippen molar-refractivity contribution < 1.29 is 4.79 Å². The molecule has 1 saturated carbocycles.